The molecule has 0 aliphatic carbocycles. The van der Waals surface area contributed by atoms with Crippen molar-refractivity contribution in [1.82, 2.24) is 9.13 Å². The molecule has 120 valence electrons. The molecule has 1 aromatic heterocycles. The van der Waals surface area contributed by atoms with Crippen molar-refractivity contribution in [2.45, 2.75) is 45.7 Å². The van der Waals surface area contributed by atoms with E-state index >= 15 is 0 Å². The summed E-state index contributed by atoms with van der Waals surface area (Å²) in [5.41, 5.74) is 5.68. The zero-order chi connectivity index (χ0) is 16.0. The van der Waals surface area contributed by atoms with E-state index in [9.17, 15) is 9.59 Å². The van der Waals surface area contributed by atoms with Crippen LogP contribution in [0.2, 0.25) is 0 Å². The van der Waals surface area contributed by atoms with E-state index in [1.54, 1.807) is 11.8 Å². The van der Waals surface area contributed by atoms with Gasteiger partial charge in [-0.2, -0.15) is 11.8 Å². The molecular formula is C14H26N4O2S. The molecule has 6 nitrogen and oxygen atoms in total. The number of aromatic nitrogens is 2. The van der Waals surface area contributed by atoms with Gasteiger partial charge >= 0.3 is 5.69 Å². The van der Waals surface area contributed by atoms with E-state index in [-0.39, 0.29) is 23.1 Å². The predicted octanol–water partition coefficient (Wildman–Crippen LogP) is 1.48. The molecule has 0 bridgehead atoms. The SMILES string of the molecule is CCCCn1c(N)c(NC(C)CCSC)c(=O)n(C)c1=O. The summed E-state index contributed by atoms with van der Waals surface area (Å²) in [5.74, 6) is 1.25. The molecule has 0 saturated carbocycles. The maximum absolute atomic E-state index is 12.2. The number of hydrogen-bond donors (Lipinski definition) is 2. The minimum absolute atomic E-state index is 0.129. The van der Waals surface area contributed by atoms with E-state index < -0.39 is 0 Å². The summed E-state index contributed by atoms with van der Waals surface area (Å²) in [6.45, 7) is 4.59. The summed E-state index contributed by atoms with van der Waals surface area (Å²) >= 11 is 1.76. The van der Waals surface area contributed by atoms with Crippen LogP contribution < -0.4 is 22.3 Å². The van der Waals surface area contributed by atoms with Crippen LogP contribution in [0, 0.1) is 0 Å². The Bertz CT molecular complexity index is 580. The topological polar surface area (TPSA) is 82.0 Å². The van der Waals surface area contributed by atoms with Crippen LogP contribution in [0.3, 0.4) is 0 Å². The molecule has 0 spiro atoms. The van der Waals surface area contributed by atoms with Gasteiger partial charge in [0.15, 0.2) is 0 Å². The molecule has 0 amide bonds. The average molecular weight is 314 g/mol. The van der Waals surface area contributed by atoms with Crippen LogP contribution >= 0.6 is 11.8 Å². The van der Waals surface area contributed by atoms with Crippen molar-refractivity contribution in [3.05, 3.63) is 20.8 Å². The number of rotatable bonds is 8. The number of nitrogens with zero attached hydrogens (tertiary/aromatic N) is 2. The number of nitrogen functional groups attached to an aromatic ring is 1. The second-order valence-electron chi connectivity index (χ2n) is 5.24. The van der Waals surface area contributed by atoms with Crippen LogP contribution in [0.5, 0.6) is 0 Å². The first-order valence-corrected chi connectivity index (χ1v) is 8.68. The highest BCUT2D eigenvalue weighted by molar-refractivity contribution is 7.98. The van der Waals surface area contributed by atoms with Gasteiger partial charge in [0, 0.05) is 19.6 Å². The number of nitrogens with two attached hydrogens (primary N) is 1. The maximum atomic E-state index is 12.2. The summed E-state index contributed by atoms with van der Waals surface area (Å²) in [5, 5.41) is 3.17. The number of anilines is 2. The quantitative estimate of drug-likeness (QED) is 0.759. The van der Waals surface area contributed by atoms with Gasteiger partial charge in [-0.3, -0.25) is 13.9 Å². The van der Waals surface area contributed by atoms with Gasteiger partial charge in [-0.25, -0.2) is 4.79 Å². The Morgan fingerprint density at radius 2 is 2.05 bits per heavy atom. The Balaban J connectivity index is 3.16. The summed E-state index contributed by atoms with van der Waals surface area (Å²) in [4.78, 5) is 24.4. The lowest BCUT2D eigenvalue weighted by Gasteiger charge is -2.19. The minimum Gasteiger partial charge on any atom is -0.383 e. The van der Waals surface area contributed by atoms with Crippen molar-refractivity contribution in [3.63, 3.8) is 0 Å². The highest BCUT2D eigenvalue weighted by Crippen LogP contribution is 2.14. The van der Waals surface area contributed by atoms with Crippen LogP contribution in [0.4, 0.5) is 11.5 Å². The van der Waals surface area contributed by atoms with Crippen LogP contribution in [0.25, 0.3) is 0 Å². The van der Waals surface area contributed by atoms with Crippen LogP contribution in [-0.4, -0.2) is 27.2 Å². The predicted molar refractivity (Wildman–Crippen MR) is 91.3 cm³/mol. The van der Waals surface area contributed by atoms with Crippen molar-refractivity contribution < 1.29 is 0 Å². The zero-order valence-corrected chi connectivity index (χ0v) is 14.1. The fraction of sp³-hybridized carbons (Fsp3) is 0.714. The second-order valence-corrected chi connectivity index (χ2v) is 6.22. The lowest BCUT2D eigenvalue weighted by atomic mass is 10.2. The van der Waals surface area contributed by atoms with E-state index in [0.29, 0.717) is 12.2 Å². The largest absolute Gasteiger partial charge is 0.383 e. The molecule has 0 aliphatic rings. The van der Waals surface area contributed by atoms with Gasteiger partial charge in [0.1, 0.15) is 11.5 Å². The molecule has 0 fully saturated rings. The Hall–Kier alpha value is -1.37. The molecule has 0 saturated heterocycles. The third-order valence-corrected chi connectivity index (χ3v) is 4.11. The van der Waals surface area contributed by atoms with Crippen LogP contribution in [0.1, 0.15) is 33.1 Å². The lowest BCUT2D eigenvalue weighted by Crippen LogP contribution is -2.41. The third-order valence-electron chi connectivity index (χ3n) is 3.46. The fourth-order valence-electron chi connectivity index (χ4n) is 2.06. The molecule has 1 unspecified atom stereocenters. The zero-order valence-electron chi connectivity index (χ0n) is 13.3. The normalized spacial score (nSPS) is 12.4. The van der Waals surface area contributed by atoms with Gasteiger partial charge < -0.3 is 11.1 Å². The minimum atomic E-state index is -0.360. The first kappa shape index (κ1) is 17.7. The summed E-state index contributed by atoms with van der Waals surface area (Å²) in [6.07, 6.45) is 4.79. The van der Waals surface area contributed by atoms with Crippen molar-refractivity contribution in [2.75, 3.05) is 23.1 Å². The van der Waals surface area contributed by atoms with Crippen molar-refractivity contribution in [2.24, 2.45) is 7.05 Å². The Morgan fingerprint density at radius 3 is 2.62 bits per heavy atom. The van der Waals surface area contributed by atoms with Crippen molar-refractivity contribution >= 4 is 23.3 Å². The molecule has 1 rings (SSSR count). The Morgan fingerprint density at radius 1 is 1.38 bits per heavy atom. The monoisotopic (exact) mass is 314 g/mol. The van der Waals surface area contributed by atoms with Gasteiger partial charge in [-0.15, -0.1) is 0 Å². The molecule has 0 aromatic carbocycles. The van der Waals surface area contributed by atoms with Crippen molar-refractivity contribution in [3.8, 4) is 0 Å². The summed E-state index contributed by atoms with van der Waals surface area (Å²) < 4.78 is 2.60. The van der Waals surface area contributed by atoms with Gasteiger partial charge in [0.05, 0.1) is 0 Å². The third kappa shape index (κ3) is 4.30. The lowest BCUT2D eigenvalue weighted by molar-refractivity contribution is 0.574. The summed E-state index contributed by atoms with van der Waals surface area (Å²) in [6, 6.07) is 0.129. The molecule has 0 aliphatic heterocycles. The Kier molecular flexibility index (Phi) is 6.87. The Labute approximate surface area is 129 Å². The highest BCUT2D eigenvalue weighted by atomic mass is 32.2. The molecular weight excluding hydrogens is 288 g/mol. The molecule has 3 N–H and O–H groups in total. The first-order valence-electron chi connectivity index (χ1n) is 7.28. The van der Waals surface area contributed by atoms with E-state index in [0.717, 1.165) is 29.6 Å². The smallest absolute Gasteiger partial charge is 0.332 e. The molecule has 1 aromatic rings. The second kappa shape index (κ2) is 8.17. The van der Waals surface area contributed by atoms with Crippen LogP contribution in [-0.2, 0) is 13.6 Å². The fourth-order valence-corrected chi connectivity index (χ4v) is 2.65. The van der Waals surface area contributed by atoms with E-state index in [1.807, 2.05) is 20.1 Å². The van der Waals surface area contributed by atoms with E-state index in [2.05, 4.69) is 5.32 Å². The molecule has 21 heavy (non-hydrogen) atoms. The molecule has 7 heteroatoms. The standard InChI is InChI=1S/C14H26N4O2S/c1-5-6-8-18-12(15)11(13(19)17(3)14(18)20)16-10(2)7-9-21-4/h10,16H,5-9,15H2,1-4H3. The van der Waals surface area contributed by atoms with Gasteiger partial charge in [-0.1, -0.05) is 13.3 Å². The van der Waals surface area contributed by atoms with E-state index in [1.165, 1.54) is 11.6 Å². The average Bonchev–Trinajstić information content (AvgIpc) is 2.47. The summed E-state index contributed by atoms with van der Waals surface area (Å²) in [7, 11) is 1.49. The number of thioether (sulfide) groups is 1. The number of hydrogen-bond acceptors (Lipinski definition) is 5. The van der Waals surface area contributed by atoms with Gasteiger partial charge in [0.25, 0.3) is 5.56 Å². The molecule has 0 radical (unpaired) electrons. The van der Waals surface area contributed by atoms with Crippen molar-refractivity contribution in [1.29, 1.82) is 0 Å². The van der Waals surface area contributed by atoms with E-state index in [4.69, 9.17) is 5.73 Å². The maximum Gasteiger partial charge on any atom is 0.332 e. The molecule has 1 atom stereocenters. The first-order chi connectivity index (χ1) is 9.93. The number of nitrogens with one attached hydrogen (secondary N) is 1. The number of unbranched alkanes of at least 4 members (excludes halogenated alkanes) is 1. The van der Waals surface area contributed by atoms with Crippen LogP contribution in [0.15, 0.2) is 9.59 Å². The van der Waals surface area contributed by atoms with Gasteiger partial charge in [0.2, 0.25) is 0 Å². The van der Waals surface area contributed by atoms with Gasteiger partial charge in [-0.05, 0) is 31.8 Å². The highest BCUT2D eigenvalue weighted by Gasteiger charge is 2.16. The molecule has 1 heterocycles.